The molecular formula is C13H10N2OS. The molecule has 0 spiro atoms. The molecule has 2 heterocycles. The Bertz CT molecular complexity index is 838. The quantitative estimate of drug-likeness (QED) is 0.661. The van der Waals surface area contributed by atoms with Crippen molar-refractivity contribution in [3.63, 3.8) is 0 Å². The van der Waals surface area contributed by atoms with E-state index in [0.717, 1.165) is 21.0 Å². The van der Waals surface area contributed by atoms with Crippen molar-refractivity contribution in [1.82, 2.24) is 9.97 Å². The van der Waals surface area contributed by atoms with Crippen LogP contribution in [-0.4, -0.2) is 9.97 Å². The van der Waals surface area contributed by atoms with Gasteiger partial charge in [-0.05, 0) is 23.8 Å². The third-order valence-corrected chi connectivity index (χ3v) is 3.54. The van der Waals surface area contributed by atoms with Gasteiger partial charge in [-0.1, -0.05) is 30.0 Å². The number of hydrogen-bond acceptors (Lipinski definition) is 2. The summed E-state index contributed by atoms with van der Waals surface area (Å²) in [4.78, 5) is 17.0. The van der Waals surface area contributed by atoms with Crippen molar-refractivity contribution in [2.75, 3.05) is 0 Å². The van der Waals surface area contributed by atoms with Crippen molar-refractivity contribution in [1.29, 1.82) is 0 Å². The van der Waals surface area contributed by atoms with Gasteiger partial charge in [0.2, 0.25) is 0 Å². The lowest BCUT2D eigenvalue weighted by atomic mass is 10.1. The molecule has 3 rings (SSSR count). The summed E-state index contributed by atoms with van der Waals surface area (Å²) in [6.07, 6.45) is 3.90. The molecule has 0 saturated carbocycles. The highest BCUT2D eigenvalue weighted by Gasteiger charge is 1.99. The van der Waals surface area contributed by atoms with Crippen molar-refractivity contribution in [3.05, 3.63) is 55.6 Å². The van der Waals surface area contributed by atoms with E-state index in [-0.39, 0.29) is 4.87 Å². The minimum absolute atomic E-state index is 0.0671. The number of hydrogen-bond donors (Lipinski definition) is 2. The minimum atomic E-state index is -0.0671. The predicted molar refractivity (Wildman–Crippen MR) is 71.6 cm³/mol. The van der Waals surface area contributed by atoms with Crippen LogP contribution in [0.25, 0.3) is 23.6 Å². The molecule has 0 radical (unpaired) electrons. The van der Waals surface area contributed by atoms with Crippen LogP contribution in [0.3, 0.4) is 0 Å². The lowest BCUT2D eigenvalue weighted by molar-refractivity contribution is 1.27. The highest BCUT2D eigenvalue weighted by molar-refractivity contribution is 7.07. The van der Waals surface area contributed by atoms with Crippen molar-refractivity contribution in [2.24, 2.45) is 0 Å². The van der Waals surface area contributed by atoms with Crippen LogP contribution in [0.2, 0.25) is 0 Å². The van der Waals surface area contributed by atoms with Gasteiger partial charge in [0, 0.05) is 17.1 Å². The highest BCUT2D eigenvalue weighted by Crippen LogP contribution is 2.17. The Kier molecular flexibility index (Phi) is 2.23. The SMILES string of the molecule is C=c1[nH]c(=O)s/c1=C\c1cccc2[nH]ccc12. The third kappa shape index (κ3) is 1.72. The lowest BCUT2D eigenvalue weighted by Gasteiger charge is -1.95. The Morgan fingerprint density at radius 3 is 2.94 bits per heavy atom. The molecule has 4 heteroatoms. The fourth-order valence-corrected chi connectivity index (χ4v) is 2.60. The van der Waals surface area contributed by atoms with E-state index in [2.05, 4.69) is 16.5 Å². The summed E-state index contributed by atoms with van der Waals surface area (Å²) in [6.45, 7) is 3.82. The maximum absolute atomic E-state index is 11.2. The zero-order chi connectivity index (χ0) is 11.8. The molecule has 3 aromatic rings. The minimum Gasteiger partial charge on any atom is -0.361 e. The van der Waals surface area contributed by atoms with Crippen LogP contribution in [0.1, 0.15) is 5.56 Å². The van der Waals surface area contributed by atoms with Crippen molar-refractivity contribution in [3.8, 4) is 0 Å². The Morgan fingerprint density at radius 1 is 1.29 bits per heavy atom. The molecule has 0 bridgehead atoms. The third-order valence-electron chi connectivity index (χ3n) is 2.67. The van der Waals surface area contributed by atoms with Crippen LogP contribution in [0, 0.1) is 0 Å². The zero-order valence-corrected chi connectivity index (χ0v) is 9.80. The summed E-state index contributed by atoms with van der Waals surface area (Å²) < 4.78 is 0.878. The number of aromatic amines is 2. The van der Waals surface area contributed by atoms with Gasteiger partial charge in [0.1, 0.15) is 0 Å². The molecule has 84 valence electrons. The second kappa shape index (κ2) is 3.75. The standard InChI is InChI=1S/C13H10N2OS/c1-8-12(17-13(16)15-8)7-9-3-2-4-11-10(9)5-6-14-11/h2-7,14H,1H2,(H,15,16)/b12-7-. The monoisotopic (exact) mass is 242 g/mol. The van der Waals surface area contributed by atoms with Gasteiger partial charge in [-0.15, -0.1) is 0 Å². The molecule has 17 heavy (non-hydrogen) atoms. The molecule has 1 aromatic carbocycles. The number of aromatic nitrogens is 2. The molecule has 0 aliphatic heterocycles. The molecule has 0 aliphatic carbocycles. The van der Waals surface area contributed by atoms with Crippen LogP contribution < -0.4 is 14.8 Å². The molecule has 2 N–H and O–H groups in total. The fraction of sp³-hybridized carbons (Fsp3) is 0. The maximum Gasteiger partial charge on any atom is 0.305 e. The Balaban J connectivity index is 2.34. The van der Waals surface area contributed by atoms with Crippen molar-refractivity contribution < 1.29 is 0 Å². The van der Waals surface area contributed by atoms with Crippen LogP contribution in [0.5, 0.6) is 0 Å². The van der Waals surface area contributed by atoms with Gasteiger partial charge < -0.3 is 9.97 Å². The zero-order valence-electron chi connectivity index (χ0n) is 8.99. The van der Waals surface area contributed by atoms with Gasteiger partial charge in [-0.3, -0.25) is 4.79 Å². The van der Waals surface area contributed by atoms with Crippen molar-refractivity contribution in [2.45, 2.75) is 0 Å². The number of thiazole rings is 1. The number of rotatable bonds is 1. The summed E-state index contributed by atoms with van der Waals surface area (Å²) in [7, 11) is 0. The van der Waals surface area contributed by atoms with Gasteiger partial charge in [0.05, 0.1) is 9.88 Å². The second-order valence-corrected chi connectivity index (χ2v) is 4.80. The van der Waals surface area contributed by atoms with E-state index in [1.807, 2.05) is 36.5 Å². The average molecular weight is 242 g/mol. The number of fused-ring (bicyclic) bond motifs is 1. The van der Waals surface area contributed by atoms with Crippen LogP contribution >= 0.6 is 11.3 Å². The summed E-state index contributed by atoms with van der Waals surface area (Å²) in [5.74, 6) is 0. The summed E-state index contributed by atoms with van der Waals surface area (Å²) >= 11 is 1.18. The molecule has 0 aliphatic rings. The van der Waals surface area contributed by atoms with Crippen LogP contribution in [0.15, 0.2) is 35.3 Å². The molecule has 0 fully saturated rings. The Morgan fingerprint density at radius 2 is 2.18 bits per heavy atom. The van der Waals surface area contributed by atoms with Crippen LogP contribution in [0.4, 0.5) is 0 Å². The van der Waals surface area contributed by atoms with E-state index in [1.165, 1.54) is 11.3 Å². The van der Waals surface area contributed by atoms with E-state index in [9.17, 15) is 4.79 Å². The molecule has 0 unspecified atom stereocenters. The maximum atomic E-state index is 11.2. The molecule has 0 amide bonds. The number of nitrogens with one attached hydrogen (secondary N) is 2. The Labute approximate surface area is 101 Å². The molecule has 0 atom stereocenters. The molecular weight excluding hydrogens is 232 g/mol. The lowest BCUT2D eigenvalue weighted by Crippen LogP contribution is -2.19. The van der Waals surface area contributed by atoms with Gasteiger partial charge in [0.25, 0.3) is 0 Å². The fourth-order valence-electron chi connectivity index (χ4n) is 1.87. The first kappa shape index (κ1) is 10.1. The summed E-state index contributed by atoms with van der Waals surface area (Å²) in [6, 6.07) is 8.07. The number of H-pyrrole nitrogens is 2. The smallest absolute Gasteiger partial charge is 0.305 e. The molecule has 2 aromatic heterocycles. The Hall–Kier alpha value is -2.07. The van der Waals surface area contributed by atoms with E-state index >= 15 is 0 Å². The first-order chi connectivity index (χ1) is 8.24. The highest BCUT2D eigenvalue weighted by atomic mass is 32.1. The van der Waals surface area contributed by atoms with Gasteiger partial charge in [-0.2, -0.15) is 0 Å². The van der Waals surface area contributed by atoms with E-state index in [0.29, 0.717) is 5.35 Å². The number of benzene rings is 1. The normalized spacial score (nSPS) is 12.4. The van der Waals surface area contributed by atoms with Gasteiger partial charge in [-0.25, -0.2) is 0 Å². The average Bonchev–Trinajstić information content (AvgIpc) is 2.87. The topological polar surface area (TPSA) is 48.6 Å². The van der Waals surface area contributed by atoms with Gasteiger partial charge >= 0.3 is 4.87 Å². The molecule has 3 nitrogen and oxygen atoms in total. The van der Waals surface area contributed by atoms with E-state index in [1.54, 1.807) is 0 Å². The summed E-state index contributed by atoms with van der Waals surface area (Å²) in [5.41, 5.74) is 2.18. The van der Waals surface area contributed by atoms with Crippen LogP contribution in [-0.2, 0) is 0 Å². The first-order valence-corrected chi connectivity index (χ1v) is 6.01. The van der Waals surface area contributed by atoms with Gasteiger partial charge in [0.15, 0.2) is 0 Å². The van der Waals surface area contributed by atoms with E-state index < -0.39 is 0 Å². The largest absolute Gasteiger partial charge is 0.361 e. The second-order valence-electron chi connectivity index (χ2n) is 3.79. The van der Waals surface area contributed by atoms with Crippen molar-refractivity contribution >= 4 is 34.9 Å². The molecule has 0 saturated heterocycles. The van der Waals surface area contributed by atoms with E-state index in [4.69, 9.17) is 0 Å². The summed E-state index contributed by atoms with van der Waals surface area (Å²) in [5, 5.41) is 1.82. The predicted octanol–water partition coefficient (Wildman–Crippen LogP) is 1.16. The first-order valence-electron chi connectivity index (χ1n) is 5.20.